The average molecular weight is 295 g/mol. The van der Waals surface area contributed by atoms with Gasteiger partial charge >= 0.3 is 6.04 Å². The van der Waals surface area contributed by atoms with Crippen molar-refractivity contribution in [3.63, 3.8) is 0 Å². The number of nitrogens with zero attached hydrogens (tertiary/aromatic N) is 3. The Morgan fingerprint density at radius 3 is 2.19 bits per heavy atom. The Morgan fingerprint density at radius 1 is 1.29 bits per heavy atom. The third-order valence-corrected chi connectivity index (χ3v) is 2.45. The highest BCUT2D eigenvalue weighted by atomic mass is 19.1. The molecule has 0 atom stereocenters. The third-order valence-electron chi connectivity index (χ3n) is 2.45. The van der Waals surface area contributed by atoms with Crippen LogP contribution in [0.25, 0.3) is 0 Å². The lowest BCUT2D eigenvalue weighted by Gasteiger charge is -2.17. The minimum absolute atomic E-state index is 0.135. The summed E-state index contributed by atoms with van der Waals surface area (Å²) in [5.41, 5.74) is -1.61. The zero-order chi connectivity index (χ0) is 16.2. The number of azo groups is 1. The number of benzene rings is 1. The number of hydrogen-bond donors (Lipinski definition) is 1. The molecular weight excluding hydrogens is 281 g/mol. The number of hydrogen-bond acceptors (Lipinski definition) is 6. The van der Waals surface area contributed by atoms with Crippen molar-refractivity contribution in [2.24, 2.45) is 15.6 Å². The zero-order valence-corrected chi connectivity index (χ0v) is 11.7. The molecule has 1 aromatic rings. The van der Waals surface area contributed by atoms with Crippen LogP contribution in [0.5, 0.6) is 0 Å². The SMILES string of the molecule is CC(C)(C)C(O)=C(N=Nc1ccc([N+](=O)[O-])cc1)C(=O)F. The van der Waals surface area contributed by atoms with Gasteiger partial charge < -0.3 is 5.11 Å². The first-order chi connectivity index (χ1) is 9.62. The van der Waals surface area contributed by atoms with Gasteiger partial charge in [-0.15, -0.1) is 5.11 Å². The molecule has 0 bridgehead atoms. The van der Waals surface area contributed by atoms with Gasteiger partial charge in [-0.25, -0.2) is 0 Å². The van der Waals surface area contributed by atoms with E-state index in [1.807, 2.05) is 0 Å². The highest BCUT2D eigenvalue weighted by Gasteiger charge is 2.25. The maximum Gasteiger partial charge on any atom is 0.355 e. The molecule has 0 saturated heterocycles. The number of carbonyl (C=O) groups excluding carboxylic acids is 1. The first-order valence-electron chi connectivity index (χ1n) is 5.92. The van der Waals surface area contributed by atoms with E-state index in [0.29, 0.717) is 0 Å². The highest BCUT2D eigenvalue weighted by molar-refractivity contribution is 5.87. The van der Waals surface area contributed by atoms with Crippen LogP contribution in [-0.4, -0.2) is 16.1 Å². The van der Waals surface area contributed by atoms with E-state index in [1.165, 1.54) is 24.3 Å². The number of halogens is 1. The molecule has 0 aliphatic carbocycles. The van der Waals surface area contributed by atoms with E-state index in [9.17, 15) is 24.4 Å². The van der Waals surface area contributed by atoms with Crippen LogP contribution < -0.4 is 0 Å². The second kappa shape index (κ2) is 6.21. The zero-order valence-electron chi connectivity index (χ0n) is 11.7. The molecule has 1 rings (SSSR count). The number of rotatable bonds is 4. The summed E-state index contributed by atoms with van der Waals surface area (Å²) in [5.74, 6) is -0.527. The molecule has 0 heterocycles. The fourth-order valence-electron chi connectivity index (χ4n) is 1.28. The molecule has 0 amide bonds. The van der Waals surface area contributed by atoms with Crippen molar-refractivity contribution >= 4 is 17.4 Å². The quantitative estimate of drug-likeness (QED) is 0.226. The van der Waals surface area contributed by atoms with Crippen molar-refractivity contribution in [2.45, 2.75) is 20.8 Å². The Kier molecular flexibility index (Phi) is 4.85. The van der Waals surface area contributed by atoms with Gasteiger partial charge in [0.15, 0.2) is 0 Å². The van der Waals surface area contributed by atoms with E-state index < -0.39 is 27.8 Å². The van der Waals surface area contributed by atoms with Crippen LogP contribution >= 0.6 is 0 Å². The molecule has 0 radical (unpaired) electrons. The maximum atomic E-state index is 12.9. The lowest BCUT2D eigenvalue weighted by atomic mass is 9.93. The van der Waals surface area contributed by atoms with Crippen molar-refractivity contribution in [2.75, 3.05) is 0 Å². The van der Waals surface area contributed by atoms with Crippen LogP contribution in [0, 0.1) is 15.5 Å². The topological polar surface area (TPSA) is 105 Å². The van der Waals surface area contributed by atoms with Crippen molar-refractivity contribution in [3.05, 3.63) is 45.8 Å². The van der Waals surface area contributed by atoms with Crippen LogP contribution in [0.4, 0.5) is 15.8 Å². The lowest BCUT2D eigenvalue weighted by Crippen LogP contribution is -2.13. The molecule has 21 heavy (non-hydrogen) atoms. The molecule has 1 N–H and O–H groups in total. The van der Waals surface area contributed by atoms with Crippen LogP contribution in [0.2, 0.25) is 0 Å². The average Bonchev–Trinajstić information content (AvgIpc) is 2.37. The molecule has 0 unspecified atom stereocenters. The van der Waals surface area contributed by atoms with E-state index in [-0.39, 0.29) is 11.4 Å². The van der Waals surface area contributed by atoms with Gasteiger partial charge in [0.05, 0.1) is 10.6 Å². The van der Waals surface area contributed by atoms with E-state index >= 15 is 0 Å². The highest BCUT2D eigenvalue weighted by Crippen LogP contribution is 2.28. The monoisotopic (exact) mass is 295 g/mol. The number of nitro benzene ring substituents is 1. The van der Waals surface area contributed by atoms with Gasteiger partial charge in [-0.1, -0.05) is 20.8 Å². The summed E-state index contributed by atoms with van der Waals surface area (Å²) >= 11 is 0. The van der Waals surface area contributed by atoms with Crippen molar-refractivity contribution in [1.29, 1.82) is 0 Å². The Bertz CT molecular complexity index is 615. The van der Waals surface area contributed by atoms with Gasteiger partial charge in [0.25, 0.3) is 5.69 Å². The second-order valence-electron chi connectivity index (χ2n) is 5.19. The van der Waals surface area contributed by atoms with E-state index in [4.69, 9.17) is 0 Å². The van der Waals surface area contributed by atoms with Gasteiger partial charge in [0, 0.05) is 17.5 Å². The Balaban J connectivity index is 3.10. The second-order valence-corrected chi connectivity index (χ2v) is 5.19. The third kappa shape index (κ3) is 4.44. The lowest BCUT2D eigenvalue weighted by molar-refractivity contribution is -0.384. The molecule has 8 heteroatoms. The summed E-state index contributed by atoms with van der Waals surface area (Å²) in [6.07, 6.45) is 0. The number of nitro groups is 1. The predicted octanol–water partition coefficient (Wildman–Crippen LogP) is 3.99. The first kappa shape index (κ1) is 16.4. The maximum absolute atomic E-state index is 12.9. The van der Waals surface area contributed by atoms with E-state index in [1.54, 1.807) is 20.8 Å². The molecular formula is C13H14FN3O4. The predicted molar refractivity (Wildman–Crippen MR) is 72.8 cm³/mol. The molecule has 0 aromatic heterocycles. The summed E-state index contributed by atoms with van der Waals surface area (Å²) in [4.78, 5) is 20.8. The van der Waals surface area contributed by atoms with Gasteiger partial charge in [-0.05, 0) is 12.1 Å². The van der Waals surface area contributed by atoms with Crippen LogP contribution in [0.1, 0.15) is 20.8 Å². The minimum atomic E-state index is -1.91. The fourth-order valence-corrected chi connectivity index (χ4v) is 1.28. The molecule has 7 nitrogen and oxygen atoms in total. The largest absolute Gasteiger partial charge is 0.509 e. The Morgan fingerprint density at radius 2 is 1.81 bits per heavy atom. The van der Waals surface area contributed by atoms with Gasteiger partial charge in [-0.2, -0.15) is 9.50 Å². The van der Waals surface area contributed by atoms with Crippen LogP contribution in [-0.2, 0) is 4.79 Å². The summed E-state index contributed by atoms with van der Waals surface area (Å²) < 4.78 is 12.9. The molecule has 0 aliphatic heterocycles. The van der Waals surface area contributed by atoms with Crippen LogP contribution in [0.3, 0.4) is 0 Å². The number of aliphatic hydroxyl groups excluding tert-OH is 1. The van der Waals surface area contributed by atoms with E-state index in [2.05, 4.69) is 10.2 Å². The standard InChI is InChI=1S/C13H14FN3O4/c1-13(2,3)11(18)10(12(14)19)16-15-8-4-6-9(7-5-8)17(20)21/h4-7,18H,1-3H3. The van der Waals surface area contributed by atoms with Crippen molar-refractivity contribution in [3.8, 4) is 0 Å². The molecule has 0 spiro atoms. The smallest absolute Gasteiger partial charge is 0.355 e. The first-order valence-corrected chi connectivity index (χ1v) is 5.92. The van der Waals surface area contributed by atoms with Gasteiger partial charge in [0.2, 0.25) is 5.70 Å². The van der Waals surface area contributed by atoms with Crippen molar-refractivity contribution in [1.82, 2.24) is 0 Å². The van der Waals surface area contributed by atoms with Crippen molar-refractivity contribution < 1.29 is 19.2 Å². The van der Waals surface area contributed by atoms with Gasteiger partial charge in [-0.3, -0.25) is 14.9 Å². The Hall–Kier alpha value is -2.64. The molecule has 0 fully saturated rings. The number of allylic oxidation sites excluding steroid dienone is 2. The summed E-state index contributed by atoms with van der Waals surface area (Å²) in [5, 5.41) is 27.3. The molecule has 112 valence electrons. The number of non-ortho nitro benzene ring substituents is 1. The van der Waals surface area contributed by atoms with E-state index in [0.717, 1.165) is 0 Å². The fraction of sp³-hybridized carbons (Fsp3) is 0.308. The number of aliphatic hydroxyl groups is 1. The summed E-state index contributed by atoms with van der Waals surface area (Å²) in [6.45, 7) is 4.73. The molecule has 1 aromatic carbocycles. The Labute approximate surface area is 120 Å². The normalized spacial score (nSPS) is 13.1. The number of carbonyl (C=O) groups is 1. The summed E-state index contributed by atoms with van der Waals surface area (Å²) in [7, 11) is 0. The minimum Gasteiger partial charge on any atom is -0.509 e. The molecule has 0 saturated carbocycles. The summed E-state index contributed by atoms with van der Waals surface area (Å²) in [6, 6.07) is 3.05. The van der Waals surface area contributed by atoms with Crippen LogP contribution in [0.15, 0.2) is 46.0 Å². The molecule has 0 aliphatic rings. The van der Waals surface area contributed by atoms with Gasteiger partial charge in [0.1, 0.15) is 5.76 Å².